The molecule has 2 N–H and O–H groups in total. The van der Waals surface area contributed by atoms with Gasteiger partial charge in [-0.05, 0) is 44.0 Å². The van der Waals surface area contributed by atoms with E-state index in [1.165, 1.54) is 0 Å². The predicted octanol–water partition coefficient (Wildman–Crippen LogP) is 1.72. The van der Waals surface area contributed by atoms with Gasteiger partial charge in [0.2, 0.25) is 0 Å². The second-order valence-electron chi connectivity index (χ2n) is 6.54. The van der Waals surface area contributed by atoms with E-state index in [0.29, 0.717) is 12.2 Å². The van der Waals surface area contributed by atoms with Gasteiger partial charge in [-0.3, -0.25) is 9.78 Å². The summed E-state index contributed by atoms with van der Waals surface area (Å²) < 4.78 is 1.77. The number of aromatic nitrogens is 4. The number of nitrogens with one attached hydrogen (secondary N) is 2. The van der Waals surface area contributed by atoms with Crippen molar-refractivity contribution in [3.05, 3.63) is 54.0 Å². The van der Waals surface area contributed by atoms with Crippen molar-refractivity contribution in [3.8, 4) is 0 Å². The van der Waals surface area contributed by atoms with Crippen LogP contribution in [0.15, 0.2) is 42.7 Å². The van der Waals surface area contributed by atoms with Gasteiger partial charge in [0, 0.05) is 18.1 Å². The van der Waals surface area contributed by atoms with E-state index in [9.17, 15) is 4.79 Å². The maximum absolute atomic E-state index is 12.6. The van der Waals surface area contributed by atoms with Crippen LogP contribution in [0.5, 0.6) is 0 Å². The molecular weight excluding hydrogens is 328 g/mol. The summed E-state index contributed by atoms with van der Waals surface area (Å²) in [5.41, 5.74) is 2.66. The third kappa shape index (κ3) is 3.43. The lowest BCUT2D eigenvalue weighted by atomic mass is 10.1. The number of piperidine rings is 1. The first-order chi connectivity index (χ1) is 12.8. The molecule has 0 atom stereocenters. The van der Waals surface area contributed by atoms with E-state index in [-0.39, 0.29) is 11.9 Å². The van der Waals surface area contributed by atoms with Gasteiger partial charge in [0.25, 0.3) is 5.91 Å². The SMILES string of the molecule is O=C(NCCc1cccc2cccnc12)c1cnnn1C1CCNCC1. The second kappa shape index (κ2) is 7.61. The molecule has 4 rings (SSSR count). The Morgan fingerprint density at radius 1 is 1.23 bits per heavy atom. The molecule has 1 aromatic carbocycles. The van der Waals surface area contributed by atoms with Crippen LogP contribution in [0.2, 0.25) is 0 Å². The molecule has 3 heterocycles. The van der Waals surface area contributed by atoms with Crippen LogP contribution in [0, 0.1) is 0 Å². The smallest absolute Gasteiger partial charge is 0.271 e. The van der Waals surface area contributed by atoms with Gasteiger partial charge in [0.1, 0.15) is 5.69 Å². The Hall–Kier alpha value is -2.80. The zero-order valence-electron chi connectivity index (χ0n) is 14.6. The predicted molar refractivity (Wildman–Crippen MR) is 98.9 cm³/mol. The van der Waals surface area contributed by atoms with E-state index < -0.39 is 0 Å². The van der Waals surface area contributed by atoms with Crippen LogP contribution in [0.1, 0.15) is 34.9 Å². The van der Waals surface area contributed by atoms with E-state index in [2.05, 4.69) is 32.0 Å². The highest BCUT2D eigenvalue weighted by Crippen LogP contribution is 2.19. The van der Waals surface area contributed by atoms with Gasteiger partial charge in [0.15, 0.2) is 0 Å². The molecule has 1 aliphatic rings. The van der Waals surface area contributed by atoms with Crippen molar-refractivity contribution >= 4 is 16.8 Å². The fraction of sp³-hybridized carbons (Fsp3) is 0.368. The molecule has 2 aromatic heterocycles. The number of rotatable bonds is 5. The molecule has 1 saturated heterocycles. The van der Waals surface area contributed by atoms with Crippen molar-refractivity contribution < 1.29 is 4.79 Å². The second-order valence-corrected chi connectivity index (χ2v) is 6.54. The Morgan fingerprint density at radius 3 is 2.96 bits per heavy atom. The first kappa shape index (κ1) is 16.7. The summed E-state index contributed by atoms with van der Waals surface area (Å²) >= 11 is 0. The molecule has 26 heavy (non-hydrogen) atoms. The van der Waals surface area contributed by atoms with Crippen molar-refractivity contribution in [1.29, 1.82) is 0 Å². The molecule has 0 radical (unpaired) electrons. The van der Waals surface area contributed by atoms with Gasteiger partial charge in [0.05, 0.1) is 17.8 Å². The van der Waals surface area contributed by atoms with Gasteiger partial charge < -0.3 is 10.6 Å². The van der Waals surface area contributed by atoms with Gasteiger partial charge in [-0.2, -0.15) is 0 Å². The van der Waals surface area contributed by atoms with E-state index >= 15 is 0 Å². The maximum Gasteiger partial charge on any atom is 0.271 e. The monoisotopic (exact) mass is 350 g/mol. The molecule has 7 heteroatoms. The lowest BCUT2D eigenvalue weighted by molar-refractivity contribution is 0.0939. The van der Waals surface area contributed by atoms with Crippen LogP contribution in [0.4, 0.5) is 0 Å². The minimum Gasteiger partial charge on any atom is -0.350 e. The van der Waals surface area contributed by atoms with Crippen LogP contribution in [0.3, 0.4) is 0 Å². The Kier molecular flexibility index (Phi) is 4.88. The Balaban J connectivity index is 1.41. The number of hydrogen-bond donors (Lipinski definition) is 2. The molecule has 134 valence electrons. The zero-order valence-corrected chi connectivity index (χ0v) is 14.6. The topological polar surface area (TPSA) is 84.7 Å². The molecule has 0 unspecified atom stereocenters. The first-order valence-electron chi connectivity index (χ1n) is 9.04. The standard InChI is InChI=1S/C19H22N6O/c26-19(17-13-23-24-25(17)16-7-10-20-11-8-16)22-12-6-15-4-1-3-14-5-2-9-21-18(14)15/h1-5,9,13,16,20H,6-8,10-12H2,(H,22,26). The molecule has 0 saturated carbocycles. The van der Waals surface area contributed by atoms with Crippen molar-refractivity contribution in [2.45, 2.75) is 25.3 Å². The van der Waals surface area contributed by atoms with Gasteiger partial charge in [-0.1, -0.05) is 29.5 Å². The Morgan fingerprint density at radius 2 is 2.08 bits per heavy atom. The van der Waals surface area contributed by atoms with Gasteiger partial charge in [-0.15, -0.1) is 5.10 Å². The number of nitrogens with zero attached hydrogens (tertiary/aromatic N) is 4. The van der Waals surface area contributed by atoms with Crippen molar-refractivity contribution in [2.75, 3.05) is 19.6 Å². The largest absolute Gasteiger partial charge is 0.350 e. The molecule has 0 spiro atoms. The lowest BCUT2D eigenvalue weighted by Gasteiger charge is -2.23. The van der Waals surface area contributed by atoms with Crippen LogP contribution in [0.25, 0.3) is 10.9 Å². The quantitative estimate of drug-likeness (QED) is 0.732. The summed E-state index contributed by atoms with van der Waals surface area (Å²) in [5.74, 6) is -0.123. The normalized spacial score (nSPS) is 15.2. The van der Waals surface area contributed by atoms with Crippen molar-refractivity contribution in [2.24, 2.45) is 0 Å². The number of para-hydroxylation sites is 1. The van der Waals surface area contributed by atoms with Crippen molar-refractivity contribution in [1.82, 2.24) is 30.6 Å². The van der Waals surface area contributed by atoms with E-state index in [1.807, 2.05) is 24.3 Å². The highest BCUT2D eigenvalue weighted by Gasteiger charge is 2.22. The van der Waals surface area contributed by atoms with Gasteiger partial charge in [-0.25, -0.2) is 4.68 Å². The van der Waals surface area contributed by atoms with Crippen LogP contribution >= 0.6 is 0 Å². The number of carbonyl (C=O) groups is 1. The average Bonchev–Trinajstić information content (AvgIpc) is 3.19. The molecule has 0 aliphatic carbocycles. The number of benzene rings is 1. The van der Waals surface area contributed by atoms with Gasteiger partial charge >= 0.3 is 0 Å². The highest BCUT2D eigenvalue weighted by atomic mass is 16.2. The molecule has 3 aromatic rings. The molecule has 1 aliphatic heterocycles. The fourth-order valence-electron chi connectivity index (χ4n) is 3.50. The van der Waals surface area contributed by atoms with E-state index in [4.69, 9.17) is 0 Å². The Bertz CT molecular complexity index is 894. The Labute approximate surface area is 151 Å². The number of carbonyl (C=O) groups excluding carboxylic acids is 1. The molecule has 1 amide bonds. The third-order valence-electron chi connectivity index (χ3n) is 4.86. The van der Waals surface area contributed by atoms with Crippen LogP contribution in [-0.2, 0) is 6.42 Å². The van der Waals surface area contributed by atoms with Crippen LogP contribution < -0.4 is 10.6 Å². The lowest BCUT2D eigenvalue weighted by Crippen LogP contribution is -2.33. The van der Waals surface area contributed by atoms with E-state index in [0.717, 1.165) is 48.8 Å². The van der Waals surface area contributed by atoms with Crippen LogP contribution in [-0.4, -0.2) is 45.5 Å². The molecule has 7 nitrogen and oxygen atoms in total. The first-order valence-corrected chi connectivity index (χ1v) is 9.04. The summed E-state index contributed by atoms with van der Waals surface area (Å²) in [6.45, 7) is 2.44. The zero-order chi connectivity index (χ0) is 17.8. The molecule has 0 bridgehead atoms. The minimum atomic E-state index is -0.123. The molecule has 1 fully saturated rings. The summed E-state index contributed by atoms with van der Waals surface area (Å²) in [7, 11) is 0. The third-order valence-corrected chi connectivity index (χ3v) is 4.86. The summed E-state index contributed by atoms with van der Waals surface area (Å²) in [6.07, 6.45) is 6.01. The van der Waals surface area contributed by atoms with E-state index in [1.54, 1.807) is 17.1 Å². The number of pyridine rings is 1. The highest BCUT2D eigenvalue weighted by molar-refractivity contribution is 5.92. The number of amides is 1. The number of hydrogen-bond acceptors (Lipinski definition) is 5. The fourth-order valence-corrected chi connectivity index (χ4v) is 3.50. The maximum atomic E-state index is 12.6. The number of fused-ring (bicyclic) bond motifs is 1. The van der Waals surface area contributed by atoms with Crippen molar-refractivity contribution in [3.63, 3.8) is 0 Å². The molecular formula is C19H22N6O. The summed E-state index contributed by atoms with van der Waals surface area (Å²) in [4.78, 5) is 17.0. The summed E-state index contributed by atoms with van der Waals surface area (Å²) in [6, 6.07) is 10.4. The summed E-state index contributed by atoms with van der Waals surface area (Å²) in [5, 5.41) is 15.5. The minimum absolute atomic E-state index is 0.123. The average molecular weight is 350 g/mol.